The van der Waals surface area contributed by atoms with Gasteiger partial charge in [0.1, 0.15) is 61.0 Å². The Labute approximate surface area is 354 Å². The van der Waals surface area contributed by atoms with E-state index < -0.39 is 128 Å². The Morgan fingerprint density at radius 3 is 1.67 bits per heavy atom. The third-order valence-electron chi connectivity index (χ3n) is 12.9. The van der Waals surface area contributed by atoms with Gasteiger partial charge in [-0.05, 0) is 58.3 Å². The second-order valence-electron chi connectivity index (χ2n) is 17.6. The van der Waals surface area contributed by atoms with E-state index in [-0.39, 0.29) is 25.6 Å². The second kappa shape index (κ2) is 24.8. The number of hydrogen-bond donors (Lipinski definition) is 10. The van der Waals surface area contributed by atoms with E-state index in [2.05, 4.69) is 6.92 Å². The summed E-state index contributed by atoms with van der Waals surface area (Å²) in [5.41, 5.74) is 0. The van der Waals surface area contributed by atoms with E-state index in [9.17, 15) is 50.8 Å². The van der Waals surface area contributed by atoms with Crippen molar-refractivity contribution in [3.05, 3.63) is 0 Å². The summed E-state index contributed by atoms with van der Waals surface area (Å²) in [6.45, 7) is 8.17. The van der Waals surface area contributed by atoms with Gasteiger partial charge >= 0.3 is 5.97 Å². The molecule has 4 rings (SSSR count). The Kier molecular flexibility index (Phi) is 21.2. The molecule has 4 aliphatic rings. The largest absolute Gasteiger partial charge is 0.481 e. The summed E-state index contributed by atoms with van der Waals surface area (Å²) in [5, 5.41) is 107. The third-order valence-corrected chi connectivity index (χ3v) is 12.9. The van der Waals surface area contributed by atoms with Crippen LogP contribution in [0, 0.1) is 11.8 Å². The van der Waals surface area contributed by atoms with Crippen LogP contribution in [0.5, 0.6) is 0 Å². The highest BCUT2D eigenvalue weighted by atomic mass is 16.8. The molecule has 3 aliphatic heterocycles. The quantitative estimate of drug-likeness (QED) is 0.0637. The molecule has 0 aromatic carbocycles. The van der Waals surface area contributed by atoms with Gasteiger partial charge in [0.2, 0.25) is 0 Å². The lowest BCUT2D eigenvalue weighted by Gasteiger charge is -2.50. The molecular weight excluding hydrogens is 792 g/mol. The molecule has 1 aliphatic carbocycles. The lowest BCUT2D eigenvalue weighted by atomic mass is 9.75. The molecule has 0 spiro atoms. The number of aliphatic carboxylic acids is 1. The van der Waals surface area contributed by atoms with Crippen molar-refractivity contribution in [2.75, 3.05) is 6.61 Å². The van der Waals surface area contributed by atoms with Gasteiger partial charge in [-0.1, -0.05) is 71.6 Å². The summed E-state index contributed by atoms with van der Waals surface area (Å²) >= 11 is 0. The number of unbranched alkanes of at least 4 members (excludes halogenated alkanes) is 8. The van der Waals surface area contributed by atoms with Gasteiger partial charge in [-0.15, -0.1) is 0 Å². The van der Waals surface area contributed by atoms with Gasteiger partial charge in [-0.25, -0.2) is 0 Å². The van der Waals surface area contributed by atoms with Crippen molar-refractivity contribution in [2.45, 2.75) is 241 Å². The molecule has 18 heteroatoms. The van der Waals surface area contributed by atoms with E-state index in [1.165, 1.54) is 13.8 Å². The molecule has 4 fully saturated rings. The van der Waals surface area contributed by atoms with Crippen LogP contribution in [0.2, 0.25) is 0 Å². The number of carboxylic acids is 1. The summed E-state index contributed by atoms with van der Waals surface area (Å²) in [4.78, 5) is 10.8. The fourth-order valence-corrected chi connectivity index (χ4v) is 8.81. The highest BCUT2D eigenvalue weighted by Gasteiger charge is 2.54. The molecule has 3 heterocycles. The first-order valence-corrected chi connectivity index (χ1v) is 22.4. The summed E-state index contributed by atoms with van der Waals surface area (Å²) in [6.07, 6.45) is -13.1. The van der Waals surface area contributed by atoms with Crippen LogP contribution in [0.1, 0.15) is 125 Å². The first kappa shape index (κ1) is 51.5. The van der Waals surface area contributed by atoms with Crippen LogP contribution in [0.4, 0.5) is 0 Å². The van der Waals surface area contributed by atoms with E-state index in [0.29, 0.717) is 6.42 Å². The molecular formula is C42H76O18. The summed E-state index contributed by atoms with van der Waals surface area (Å²) in [5.74, 6) is -1.76. The van der Waals surface area contributed by atoms with Crippen LogP contribution >= 0.6 is 0 Å². The minimum atomic E-state index is -1.76. The highest BCUT2D eigenvalue weighted by Crippen LogP contribution is 2.39. The molecule has 0 radical (unpaired) electrons. The number of carbonyl (C=O) groups is 1. The van der Waals surface area contributed by atoms with Gasteiger partial charge < -0.3 is 84.2 Å². The van der Waals surface area contributed by atoms with Crippen molar-refractivity contribution in [3.63, 3.8) is 0 Å². The van der Waals surface area contributed by atoms with Crippen molar-refractivity contribution in [3.8, 4) is 0 Å². The van der Waals surface area contributed by atoms with Gasteiger partial charge in [0.15, 0.2) is 18.9 Å². The molecule has 0 bridgehead atoms. The first-order valence-electron chi connectivity index (χ1n) is 22.4. The van der Waals surface area contributed by atoms with E-state index >= 15 is 0 Å². The van der Waals surface area contributed by atoms with E-state index in [0.717, 1.165) is 70.6 Å². The number of aliphatic hydroxyl groups is 9. The van der Waals surface area contributed by atoms with Crippen LogP contribution in [-0.2, 0) is 38.0 Å². The molecule has 21 atom stereocenters. The van der Waals surface area contributed by atoms with Gasteiger partial charge in [-0.2, -0.15) is 0 Å². The summed E-state index contributed by atoms with van der Waals surface area (Å²) in [6, 6.07) is 0. The van der Waals surface area contributed by atoms with Crippen molar-refractivity contribution in [2.24, 2.45) is 11.8 Å². The van der Waals surface area contributed by atoms with Crippen molar-refractivity contribution in [1.82, 2.24) is 0 Å². The van der Waals surface area contributed by atoms with Crippen LogP contribution in [0.25, 0.3) is 0 Å². The Balaban J connectivity index is 1.46. The topological polar surface area (TPSA) is 284 Å². The fraction of sp³-hybridized carbons (Fsp3) is 0.976. The van der Waals surface area contributed by atoms with Gasteiger partial charge in [0.05, 0.1) is 36.6 Å². The Morgan fingerprint density at radius 2 is 1.07 bits per heavy atom. The van der Waals surface area contributed by atoms with Gasteiger partial charge in [-0.3, -0.25) is 4.79 Å². The molecule has 352 valence electrons. The first-order chi connectivity index (χ1) is 28.5. The zero-order valence-corrected chi connectivity index (χ0v) is 36.0. The number of ether oxygens (including phenoxy) is 7. The van der Waals surface area contributed by atoms with E-state index in [1.807, 2.05) is 0 Å². The van der Waals surface area contributed by atoms with Gasteiger partial charge in [0.25, 0.3) is 0 Å². The number of aliphatic hydroxyl groups excluding tert-OH is 9. The normalized spacial score (nSPS) is 43.2. The van der Waals surface area contributed by atoms with Crippen LogP contribution in [0.3, 0.4) is 0 Å². The molecule has 18 nitrogen and oxygen atoms in total. The number of carboxylic acid groups (broad SMARTS) is 1. The molecule has 3 saturated heterocycles. The minimum absolute atomic E-state index is 0.132. The molecule has 1 unspecified atom stereocenters. The van der Waals surface area contributed by atoms with E-state index in [4.69, 9.17) is 38.3 Å². The standard InChI is InChI=1S/C42H76O18/c1-6-7-13-16-26(17-14-11-9-8-10-12-15-18-28(44)45)57-42-39(33(50)31(48)23(4)55-42)58-27-19-25(20-43)21(2)29(46)38(27)60-41-36(53)34(51)37(24(5)56-41)59-40-35(52)32(49)30(47)22(3)54-40/h21-27,29-43,46-53H,6-20H2,1-5H3,(H,44,45)/t21-,22-,23-,24+,25-,26?,27-,29+,30-,31-,32+,33+,34+,35-,36-,37+,38+,39-,40+,41+,42+/m1/s1. The molecule has 0 amide bonds. The van der Waals surface area contributed by atoms with E-state index in [1.54, 1.807) is 13.8 Å². The monoisotopic (exact) mass is 869 g/mol. The van der Waals surface area contributed by atoms with Crippen LogP contribution in [-0.4, -0.2) is 180 Å². The Morgan fingerprint density at radius 1 is 0.567 bits per heavy atom. The minimum Gasteiger partial charge on any atom is -0.481 e. The maximum Gasteiger partial charge on any atom is 0.303 e. The fourth-order valence-electron chi connectivity index (χ4n) is 8.81. The predicted octanol–water partition coefficient (Wildman–Crippen LogP) is 0.842. The average molecular weight is 869 g/mol. The predicted molar refractivity (Wildman–Crippen MR) is 212 cm³/mol. The molecule has 60 heavy (non-hydrogen) atoms. The molecule has 0 aromatic rings. The second-order valence-corrected chi connectivity index (χ2v) is 17.6. The smallest absolute Gasteiger partial charge is 0.303 e. The maximum atomic E-state index is 11.6. The molecule has 0 aromatic heterocycles. The zero-order chi connectivity index (χ0) is 44.3. The number of hydrogen-bond acceptors (Lipinski definition) is 17. The third kappa shape index (κ3) is 13.7. The van der Waals surface area contributed by atoms with Gasteiger partial charge in [0, 0.05) is 13.0 Å². The highest BCUT2D eigenvalue weighted by molar-refractivity contribution is 5.66. The Bertz CT molecular complexity index is 1230. The van der Waals surface area contributed by atoms with Crippen LogP contribution in [0.15, 0.2) is 0 Å². The Hall–Kier alpha value is -1.17. The SMILES string of the molecule is CCCCCC(CCCCCCCCCC(=O)O)O[C@@H]1O[C@H](C)[C@@H](O)[C@H](O)[C@H]1O[C@@H]1C[C@H](CO)[C@@H](C)[C@H](O)[C@H]1O[C@@H]1O[C@@H](C)[C@H](O[C@@H]2O[C@H](C)[C@@H](O)[C@H](O)[C@H]2O)[C@@H](O)[C@H]1O. The number of rotatable bonds is 23. The lowest BCUT2D eigenvalue weighted by Crippen LogP contribution is -2.65. The zero-order valence-electron chi connectivity index (χ0n) is 36.0. The van der Waals surface area contributed by atoms with Crippen molar-refractivity contribution >= 4 is 5.97 Å². The summed E-state index contributed by atoms with van der Waals surface area (Å²) < 4.78 is 42.9. The lowest BCUT2D eigenvalue weighted by molar-refractivity contribution is -0.369. The maximum absolute atomic E-state index is 11.6. The average Bonchev–Trinajstić information content (AvgIpc) is 3.21. The van der Waals surface area contributed by atoms with Crippen molar-refractivity contribution in [1.29, 1.82) is 0 Å². The molecule has 10 N–H and O–H groups in total. The molecule has 1 saturated carbocycles. The summed E-state index contributed by atoms with van der Waals surface area (Å²) in [7, 11) is 0. The van der Waals surface area contributed by atoms with Crippen LogP contribution < -0.4 is 0 Å². The van der Waals surface area contributed by atoms with Crippen molar-refractivity contribution < 1.29 is 89.0 Å².